The zero-order valence-electron chi connectivity index (χ0n) is 7.61. The van der Waals surface area contributed by atoms with Gasteiger partial charge in [0.2, 0.25) is 0 Å². The van der Waals surface area contributed by atoms with Gasteiger partial charge in [0.1, 0.15) is 0 Å². The Morgan fingerprint density at radius 3 is 2.69 bits per heavy atom. The third-order valence-electron chi connectivity index (χ3n) is 1.88. The molecule has 0 spiro atoms. The predicted octanol–water partition coefficient (Wildman–Crippen LogP) is 1.69. The lowest BCUT2D eigenvalue weighted by Crippen LogP contribution is -2.24. The lowest BCUT2D eigenvalue weighted by atomic mass is 10.1. The number of benzene rings is 1. The summed E-state index contributed by atoms with van der Waals surface area (Å²) in [7, 11) is 1.49. The molecule has 0 aliphatic rings. The number of nitrogens with two attached hydrogens (primary N) is 1. The van der Waals surface area contributed by atoms with E-state index in [0.717, 1.165) is 10.5 Å². The Hall–Kier alpha value is -1.71. The number of anilines is 2. The molecule has 0 saturated carbocycles. The molecular formula is C9H12N2O2. The molecule has 3 N–H and O–H groups in total. The Balaban J connectivity index is 3.12. The SMILES string of the molecule is Cc1ccc(N)cc1N(C)C(=O)O. The molecule has 0 fully saturated rings. The van der Waals surface area contributed by atoms with E-state index in [2.05, 4.69) is 0 Å². The second-order valence-corrected chi connectivity index (χ2v) is 2.89. The van der Waals surface area contributed by atoms with Crippen molar-refractivity contribution in [1.29, 1.82) is 0 Å². The fourth-order valence-corrected chi connectivity index (χ4v) is 1.09. The molecule has 70 valence electrons. The molecule has 1 rings (SSSR count). The normalized spacial score (nSPS) is 9.69. The number of nitrogen functional groups attached to an aromatic ring is 1. The Morgan fingerprint density at radius 2 is 2.15 bits per heavy atom. The largest absolute Gasteiger partial charge is 0.465 e. The average molecular weight is 180 g/mol. The fraction of sp³-hybridized carbons (Fsp3) is 0.222. The van der Waals surface area contributed by atoms with Crippen LogP contribution < -0.4 is 10.6 Å². The van der Waals surface area contributed by atoms with E-state index in [9.17, 15) is 4.79 Å². The molecule has 0 atom stereocenters. The lowest BCUT2D eigenvalue weighted by molar-refractivity contribution is 0.203. The van der Waals surface area contributed by atoms with Crippen molar-refractivity contribution in [3.63, 3.8) is 0 Å². The molecule has 0 aromatic heterocycles. The van der Waals surface area contributed by atoms with Crippen LogP contribution in [0.25, 0.3) is 0 Å². The van der Waals surface area contributed by atoms with Gasteiger partial charge in [-0.05, 0) is 24.6 Å². The van der Waals surface area contributed by atoms with Crippen LogP contribution >= 0.6 is 0 Å². The highest BCUT2D eigenvalue weighted by Gasteiger charge is 2.10. The maximum Gasteiger partial charge on any atom is 0.411 e. The van der Waals surface area contributed by atoms with Crippen molar-refractivity contribution in [3.8, 4) is 0 Å². The maximum atomic E-state index is 10.6. The smallest absolute Gasteiger partial charge is 0.411 e. The molecule has 1 aromatic rings. The van der Waals surface area contributed by atoms with Gasteiger partial charge in [0.25, 0.3) is 0 Å². The summed E-state index contributed by atoms with van der Waals surface area (Å²) < 4.78 is 0. The predicted molar refractivity (Wildman–Crippen MR) is 52.0 cm³/mol. The number of rotatable bonds is 1. The average Bonchev–Trinajstić information content (AvgIpc) is 2.08. The van der Waals surface area contributed by atoms with Crippen LogP contribution in [0.4, 0.5) is 16.2 Å². The minimum Gasteiger partial charge on any atom is -0.465 e. The molecule has 0 bridgehead atoms. The third kappa shape index (κ3) is 1.90. The second-order valence-electron chi connectivity index (χ2n) is 2.89. The highest BCUT2D eigenvalue weighted by atomic mass is 16.4. The van der Waals surface area contributed by atoms with Crippen LogP contribution in [0.2, 0.25) is 0 Å². The van der Waals surface area contributed by atoms with Crippen LogP contribution in [0.3, 0.4) is 0 Å². The van der Waals surface area contributed by atoms with Gasteiger partial charge in [-0.2, -0.15) is 0 Å². The highest BCUT2D eigenvalue weighted by Crippen LogP contribution is 2.21. The van der Waals surface area contributed by atoms with Crippen molar-refractivity contribution in [3.05, 3.63) is 23.8 Å². The van der Waals surface area contributed by atoms with Crippen LogP contribution in [0.1, 0.15) is 5.56 Å². The van der Waals surface area contributed by atoms with Gasteiger partial charge in [0.05, 0.1) is 5.69 Å². The molecule has 0 heterocycles. The first-order valence-electron chi connectivity index (χ1n) is 3.85. The standard InChI is InChI=1S/C9H12N2O2/c1-6-3-4-7(10)5-8(6)11(2)9(12)13/h3-5H,10H2,1-2H3,(H,12,13). The van der Waals surface area contributed by atoms with Crippen molar-refractivity contribution >= 4 is 17.5 Å². The van der Waals surface area contributed by atoms with Crippen LogP contribution in [0.5, 0.6) is 0 Å². The van der Waals surface area contributed by atoms with Crippen LogP contribution in [-0.2, 0) is 0 Å². The molecule has 0 radical (unpaired) electrons. The van der Waals surface area contributed by atoms with E-state index in [1.165, 1.54) is 7.05 Å². The number of amides is 1. The van der Waals surface area contributed by atoms with Gasteiger partial charge in [-0.15, -0.1) is 0 Å². The number of nitrogens with zero attached hydrogens (tertiary/aromatic N) is 1. The van der Waals surface area contributed by atoms with E-state index in [1.807, 2.05) is 6.92 Å². The summed E-state index contributed by atoms with van der Waals surface area (Å²) in [5, 5.41) is 8.74. The summed E-state index contributed by atoms with van der Waals surface area (Å²) in [5.41, 5.74) is 7.62. The summed E-state index contributed by atoms with van der Waals surface area (Å²) in [6, 6.07) is 5.18. The molecular weight excluding hydrogens is 168 g/mol. The van der Waals surface area contributed by atoms with Gasteiger partial charge in [-0.3, -0.25) is 4.90 Å². The van der Waals surface area contributed by atoms with Crippen molar-refractivity contribution in [2.24, 2.45) is 0 Å². The lowest BCUT2D eigenvalue weighted by Gasteiger charge is -2.15. The Morgan fingerprint density at radius 1 is 1.54 bits per heavy atom. The molecule has 1 aromatic carbocycles. The summed E-state index contributed by atoms with van der Waals surface area (Å²) in [4.78, 5) is 11.8. The second kappa shape index (κ2) is 3.35. The minimum atomic E-state index is -0.992. The highest BCUT2D eigenvalue weighted by molar-refractivity contribution is 5.87. The van der Waals surface area contributed by atoms with Gasteiger partial charge in [0.15, 0.2) is 0 Å². The van der Waals surface area contributed by atoms with Crippen LogP contribution in [0.15, 0.2) is 18.2 Å². The minimum absolute atomic E-state index is 0.564. The maximum absolute atomic E-state index is 10.6. The van der Waals surface area contributed by atoms with Crippen LogP contribution in [0, 0.1) is 6.92 Å². The molecule has 0 unspecified atom stereocenters. The number of hydrogen-bond donors (Lipinski definition) is 2. The molecule has 4 heteroatoms. The first-order valence-corrected chi connectivity index (χ1v) is 3.85. The van der Waals surface area contributed by atoms with Crippen molar-refractivity contribution in [2.45, 2.75) is 6.92 Å². The number of aryl methyl sites for hydroxylation is 1. The van der Waals surface area contributed by atoms with Gasteiger partial charge in [-0.25, -0.2) is 4.79 Å². The van der Waals surface area contributed by atoms with E-state index in [1.54, 1.807) is 18.2 Å². The molecule has 1 amide bonds. The fourth-order valence-electron chi connectivity index (χ4n) is 1.09. The van der Waals surface area contributed by atoms with E-state index in [4.69, 9.17) is 10.8 Å². The van der Waals surface area contributed by atoms with Gasteiger partial charge in [0, 0.05) is 12.7 Å². The summed E-state index contributed by atoms with van der Waals surface area (Å²) >= 11 is 0. The van der Waals surface area contributed by atoms with Crippen molar-refractivity contribution in [2.75, 3.05) is 17.7 Å². The molecule has 0 aliphatic heterocycles. The molecule has 4 nitrogen and oxygen atoms in total. The van der Waals surface area contributed by atoms with Crippen molar-refractivity contribution < 1.29 is 9.90 Å². The Bertz CT molecular complexity index is 336. The van der Waals surface area contributed by atoms with Gasteiger partial charge in [-0.1, -0.05) is 6.07 Å². The topological polar surface area (TPSA) is 66.6 Å². The van der Waals surface area contributed by atoms with Gasteiger partial charge >= 0.3 is 6.09 Å². The third-order valence-corrected chi connectivity index (χ3v) is 1.88. The Kier molecular flexibility index (Phi) is 2.41. The first-order chi connectivity index (χ1) is 6.02. The summed E-state index contributed by atoms with van der Waals surface area (Å²) in [5.74, 6) is 0. The zero-order chi connectivity index (χ0) is 10.0. The molecule has 0 saturated heterocycles. The van der Waals surface area contributed by atoms with E-state index in [0.29, 0.717) is 11.4 Å². The quantitative estimate of drug-likeness (QED) is 0.646. The Labute approximate surface area is 76.6 Å². The van der Waals surface area contributed by atoms with E-state index < -0.39 is 6.09 Å². The first kappa shape index (κ1) is 9.38. The molecule has 13 heavy (non-hydrogen) atoms. The summed E-state index contributed by atoms with van der Waals surface area (Å²) in [6.07, 6.45) is -0.992. The summed E-state index contributed by atoms with van der Waals surface area (Å²) in [6.45, 7) is 1.84. The number of carboxylic acid groups (broad SMARTS) is 1. The van der Waals surface area contributed by atoms with Gasteiger partial charge < -0.3 is 10.8 Å². The van der Waals surface area contributed by atoms with Crippen molar-refractivity contribution in [1.82, 2.24) is 0 Å². The number of hydrogen-bond acceptors (Lipinski definition) is 2. The van der Waals surface area contributed by atoms with Crippen LogP contribution in [-0.4, -0.2) is 18.2 Å². The zero-order valence-corrected chi connectivity index (χ0v) is 7.61. The van der Waals surface area contributed by atoms with E-state index >= 15 is 0 Å². The van der Waals surface area contributed by atoms with E-state index in [-0.39, 0.29) is 0 Å². The molecule has 0 aliphatic carbocycles. The monoisotopic (exact) mass is 180 g/mol. The number of carbonyl (C=O) groups is 1.